The maximum atomic E-state index is 12.0. The van der Waals surface area contributed by atoms with Gasteiger partial charge in [-0.3, -0.25) is 10.1 Å². The van der Waals surface area contributed by atoms with Gasteiger partial charge in [-0.1, -0.05) is 6.92 Å². The molecule has 0 spiro atoms. The molecule has 1 aromatic rings. The first kappa shape index (κ1) is 16.1. The molecule has 0 saturated carbocycles. The van der Waals surface area contributed by atoms with E-state index in [1.54, 1.807) is 11.3 Å². The predicted octanol–water partition coefficient (Wildman–Crippen LogP) is 2.66. The molecular weight excluding hydrogens is 258 g/mol. The second-order valence-corrected chi connectivity index (χ2v) is 7.01. The lowest BCUT2D eigenvalue weighted by Gasteiger charge is -2.25. The Kier molecular flexibility index (Phi) is 5.50. The largest absolute Gasteiger partial charge is 0.350 e. The average molecular weight is 283 g/mol. The molecule has 0 aromatic carbocycles. The third-order valence-electron chi connectivity index (χ3n) is 2.68. The van der Waals surface area contributed by atoms with Crippen molar-refractivity contribution in [2.45, 2.75) is 65.6 Å². The minimum atomic E-state index is -0.233. The first-order chi connectivity index (χ1) is 8.73. The Bertz CT molecular complexity index is 423. The molecule has 2 unspecified atom stereocenters. The van der Waals surface area contributed by atoms with Crippen LogP contribution in [0.4, 0.5) is 0 Å². The van der Waals surface area contributed by atoms with Gasteiger partial charge in [0.1, 0.15) is 5.01 Å². The van der Waals surface area contributed by atoms with Gasteiger partial charge < -0.3 is 5.32 Å². The summed E-state index contributed by atoms with van der Waals surface area (Å²) in [5.74, 6) is 0.0200. The van der Waals surface area contributed by atoms with E-state index in [-0.39, 0.29) is 23.5 Å². The third kappa shape index (κ3) is 5.28. The number of carbonyl (C=O) groups excluding carboxylic acids is 1. The number of aromatic nitrogens is 1. The van der Waals surface area contributed by atoms with Crippen LogP contribution in [-0.2, 0) is 11.2 Å². The van der Waals surface area contributed by atoms with Crippen molar-refractivity contribution in [3.8, 4) is 0 Å². The maximum absolute atomic E-state index is 12.0. The van der Waals surface area contributed by atoms with E-state index in [4.69, 9.17) is 0 Å². The van der Waals surface area contributed by atoms with Crippen molar-refractivity contribution in [1.29, 1.82) is 0 Å². The molecule has 0 radical (unpaired) electrons. The van der Waals surface area contributed by atoms with Gasteiger partial charge in [-0.25, -0.2) is 4.98 Å². The first-order valence-electron chi connectivity index (χ1n) is 6.75. The van der Waals surface area contributed by atoms with E-state index in [2.05, 4.69) is 22.5 Å². The molecule has 0 bridgehead atoms. The third-order valence-corrected chi connectivity index (χ3v) is 4.01. The number of thiazole rings is 1. The second-order valence-electron chi connectivity index (χ2n) is 5.87. The van der Waals surface area contributed by atoms with Gasteiger partial charge in [-0.15, -0.1) is 11.3 Å². The predicted molar refractivity (Wildman–Crippen MR) is 80.4 cm³/mol. The van der Waals surface area contributed by atoms with Gasteiger partial charge in [0.25, 0.3) is 0 Å². The van der Waals surface area contributed by atoms with Crippen molar-refractivity contribution in [2.24, 2.45) is 0 Å². The van der Waals surface area contributed by atoms with Crippen molar-refractivity contribution in [2.75, 3.05) is 0 Å². The molecule has 108 valence electrons. The van der Waals surface area contributed by atoms with E-state index in [1.807, 2.05) is 40.8 Å². The van der Waals surface area contributed by atoms with Gasteiger partial charge >= 0.3 is 0 Å². The number of amides is 1. The van der Waals surface area contributed by atoms with Crippen molar-refractivity contribution >= 4 is 17.2 Å². The molecule has 5 heteroatoms. The van der Waals surface area contributed by atoms with Crippen LogP contribution in [0, 0.1) is 0 Å². The van der Waals surface area contributed by atoms with Gasteiger partial charge in [-0.05, 0) is 41.0 Å². The fraction of sp³-hybridized carbons (Fsp3) is 0.714. The van der Waals surface area contributed by atoms with Gasteiger partial charge in [0.15, 0.2) is 0 Å². The van der Waals surface area contributed by atoms with Crippen molar-refractivity contribution in [1.82, 2.24) is 15.6 Å². The minimum Gasteiger partial charge on any atom is -0.350 e. The molecule has 0 fully saturated rings. The number of hydrogen-bond donors (Lipinski definition) is 2. The highest BCUT2D eigenvalue weighted by Gasteiger charge is 2.21. The second kappa shape index (κ2) is 6.48. The zero-order chi connectivity index (χ0) is 14.6. The lowest BCUT2D eigenvalue weighted by atomic mass is 10.1. The summed E-state index contributed by atoms with van der Waals surface area (Å²) in [4.78, 5) is 17.7. The lowest BCUT2D eigenvalue weighted by Crippen LogP contribution is -2.49. The monoisotopic (exact) mass is 283 g/mol. The first-order valence-corrected chi connectivity index (χ1v) is 7.57. The summed E-state index contributed by atoms with van der Waals surface area (Å²) >= 11 is 1.70. The van der Waals surface area contributed by atoms with E-state index in [0.717, 1.165) is 11.4 Å². The summed E-state index contributed by atoms with van der Waals surface area (Å²) in [6.45, 7) is 12.0. The molecule has 0 aliphatic carbocycles. The standard InChI is InChI=1S/C14H25N3OS/c1-7-11-8-15-13(19-11)10(3)16-9(2)12(18)17-14(4,5)6/h8-10,16H,7H2,1-6H3,(H,17,18). The quantitative estimate of drug-likeness (QED) is 0.873. The molecular formula is C14H25N3OS. The Morgan fingerprint density at radius 2 is 2.05 bits per heavy atom. The molecule has 2 atom stereocenters. The normalized spacial score (nSPS) is 15.1. The summed E-state index contributed by atoms with van der Waals surface area (Å²) < 4.78 is 0. The number of nitrogens with one attached hydrogen (secondary N) is 2. The number of hydrogen-bond acceptors (Lipinski definition) is 4. The summed E-state index contributed by atoms with van der Waals surface area (Å²) in [6, 6.07) is -0.144. The van der Waals surface area contributed by atoms with Gasteiger partial charge in [-0.2, -0.15) is 0 Å². The Morgan fingerprint density at radius 1 is 1.42 bits per heavy atom. The maximum Gasteiger partial charge on any atom is 0.237 e. The molecule has 1 aromatic heterocycles. The van der Waals surface area contributed by atoms with Gasteiger partial charge in [0, 0.05) is 16.6 Å². The number of rotatable bonds is 5. The molecule has 0 saturated heterocycles. The van der Waals surface area contributed by atoms with Crippen LogP contribution in [-0.4, -0.2) is 22.5 Å². The van der Waals surface area contributed by atoms with Crippen LogP contribution in [0.1, 0.15) is 57.5 Å². The summed E-state index contributed by atoms with van der Waals surface area (Å²) in [5.41, 5.74) is -0.202. The fourth-order valence-electron chi connectivity index (χ4n) is 1.69. The number of carbonyl (C=O) groups is 1. The van der Waals surface area contributed by atoms with Crippen molar-refractivity contribution < 1.29 is 4.79 Å². The summed E-state index contributed by atoms with van der Waals surface area (Å²) in [5, 5.41) is 7.30. The SMILES string of the molecule is CCc1cnc(C(C)NC(C)C(=O)NC(C)(C)C)s1. The van der Waals surface area contributed by atoms with Crippen LogP contribution in [0.15, 0.2) is 6.20 Å². The van der Waals surface area contributed by atoms with E-state index in [1.165, 1.54) is 4.88 Å². The van der Waals surface area contributed by atoms with E-state index < -0.39 is 0 Å². The van der Waals surface area contributed by atoms with E-state index in [9.17, 15) is 4.79 Å². The van der Waals surface area contributed by atoms with Crippen LogP contribution in [0.3, 0.4) is 0 Å². The van der Waals surface area contributed by atoms with Crippen LogP contribution < -0.4 is 10.6 Å². The van der Waals surface area contributed by atoms with Crippen LogP contribution >= 0.6 is 11.3 Å². The smallest absolute Gasteiger partial charge is 0.237 e. The molecule has 19 heavy (non-hydrogen) atoms. The molecule has 1 heterocycles. The highest BCUT2D eigenvalue weighted by molar-refractivity contribution is 7.11. The molecule has 0 aliphatic heterocycles. The Labute approximate surface area is 120 Å². The summed E-state index contributed by atoms with van der Waals surface area (Å²) in [7, 11) is 0. The Balaban J connectivity index is 2.56. The van der Waals surface area contributed by atoms with Crippen molar-refractivity contribution in [3.05, 3.63) is 16.1 Å². The number of aryl methyl sites for hydroxylation is 1. The summed E-state index contributed by atoms with van der Waals surface area (Å²) in [6.07, 6.45) is 2.92. The highest BCUT2D eigenvalue weighted by atomic mass is 32.1. The minimum absolute atomic E-state index is 0.0200. The molecule has 4 nitrogen and oxygen atoms in total. The Hall–Kier alpha value is -0.940. The lowest BCUT2D eigenvalue weighted by molar-refractivity contribution is -0.124. The topological polar surface area (TPSA) is 54.0 Å². The zero-order valence-corrected chi connectivity index (χ0v) is 13.5. The van der Waals surface area contributed by atoms with Crippen LogP contribution in [0.2, 0.25) is 0 Å². The van der Waals surface area contributed by atoms with Gasteiger partial charge in [0.2, 0.25) is 5.91 Å². The highest BCUT2D eigenvalue weighted by Crippen LogP contribution is 2.20. The molecule has 2 N–H and O–H groups in total. The van der Waals surface area contributed by atoms with E-state index in [0.29, 0.717) is 0 Å². The van der Waals surface area contributed by atoms with E-state index >= 15 is 0 Å². The van der Waals surface area contributed by atoms with Crippen molar-refractivity contribution in [3.63, 3.8) is 0 Å². The van der Waals surface area contributed by atoms with Crippen LogP contribution in [0.25, 0.3) is 0 Å². The van der Waals surface area contributed by atoms with Crippen LogP contribution in [0.5, 0.6) is 0 Å². The molecule has 0 aliphatic rings. The average Bonchev–Trinajstić information content (AvgIpc) is 2.75. The van der Waals surface area contributed by atoms with Gasteiger partial charge in [0.05, 0.1) is 12.1 Å². The zero-order valence-electron chi connectivity index (χ0n) is 12.7. The molecule has 1 amide bonds. The molecule has 1 rings (SSSR count). The Morgan fingerprint density at radius 3 is 2.53 bits per heavy atom. The fourth-order valence-corrected chi connectivity index (χ4v) is 2.55. The number of nitrogens with zero attached hydrogens (tertiary/aromatic N) is 1.